The summed E-state index contributed by atoms with van der Waals surface area (Å²) in [6.07, 6.45) is 2.40. The van der Waals surface area contributed by atoms with Gasteiger partial charge >= 0.3 is 0 Å². The zero-order valence-electron chi connectivity index (χ0n) is 9.50. The minimum absolute atomic E-state index is 0.00352. The highest BCUT2D eigenvalue weighted by Gasteiger charge is 2.15. The van der Waals surface area contributed by atoms with Crippen LogP contribution in [0.5, 0.6) is 0 Å². The van der Waals surface area contributed by atoms with E-state index in [-0.39, 0.29) is 12.2 Å². The van der Waals surface area contributed by atoms with Crippen molar-refractivity contribution in [3.8, 4) is 0 Å². The normalized spacial score (nSPS) is 12.3. The van der Waals surface area contributed by atoms with E-state index in [0.717, 1.165) is 5.56 Å². The predicted octanol–water partition coefficient (Wildman–Crippen LogP) is 1.96. The molecule has 1 heterocycles. The molecule has 0 amide bonds. The Morgan fingerprint density at radius 2 is 1.94 bits per heavy atom. The number of nitrogens with two attached hydrogens (primary N) is 1. The van der Waals surface area contributed by atoms with E-state index in [1.807, 2.05) is 30.3 Å². The van der Waals surface area contributed by atoms with Gasteiger partial charge in [0.25, 0.3) is 0 Å². The lowest BCUT2D eigenvalue weighted by molar-refractivity contribution is -0.119. The molecule has 1 atom stereocenters. The van der Waals surface area contributed by atoms with E-state index in [0.29, 0.717) is 12.2 Å². The maximum Gasteiger partial charge on any atom is 0.157 e. The molecule has 88 valence electrons. The molecule has 0 aliphatic rings. The maximum atomic E-state index is 11.8. The van der Waals surface area contributed by atoms with Gasteiger partial charge in [0.05, 0.1) is 18.7 Å². The number of benzene rings is 1. The van der Waals surface area contributed by atoms with Crippen LogP contribution < -0.4 is 5.73 Å². The van der Waals surface area contributed by atoms with Crippen molar-refractivity contribution in [2.75, 3.05) is 0 Å². The summed E-state index contributed by atoms with van der Waals surface area (Å²) in [6.45, 7) is 0. The molecule has 1 aromatic heterocycles. The Morgan fingerprint density at radius 3 is 2.59 bits per heavy atom. The molecule has 0 aliphatic carbocycles. The van der Waals surface area contributed by atoms with Crippen LogP contribution in [-0.2, 0) is 17.6 Å². The second kappa shape index (κ2) is 5.46. The van der Waals surface area contributed by atoms with Crippen molar-refractivity contribution in [2.45, 2.75) is 18.9 Å². The fraction of sp³-hybridized carbons (Fsp3) is 0.214. The molecule has 0 spiro atoms. The predicted molar refractivity (Wildman–Crippen MR) is 65.5 cm³/mol. The average molecular weight is 229 g/mol. The molecule has 0 bridgehead atoms. The van der Waals surface area contributed by atoms with Crippen molar-refractivity contribution < 1.29 is 9.21 Å². The van der Waals surface area contributed by atoms with Gasteiger partial charge in [-0.2, -0.15) is 0 Å². The van der Waals surface area contributed by atoms with Crippen LogP contribution in [0, 0.1) is 0 Å². The van der Waals surface area contributed by atoms with Crippen LogP contribution in [0.1, 0.15) is 11.3 Å². The number of carbonyl (C=O) groups is 1. The van der Waals surface area contributed by atoms with Crippen LogP contribution in [-0.4, -0.2) is 11.8 Å². The summed E-state index contributed by atoms with van der Waals surface area (Å²) in [5.41, 5.74) is 6.95. The maximum absolute atomic E-state index is 11.8. The summed E-state index contributed by atoms with van der Waals surface area (Å²) in [6, 6.07) is 12.9. The lowest BCUT2D eigenvalue weighted by Crippen LogP contribution is -2.33. The van der Waals surface area contributed by atoms with Crippen LogP contribution >= 0.6 is 0 Å². The number of hydrogen-bond donors (Lipinski definition) is 1. The van der Waals surface area contributed by atoms with Crippen LogP contribution in [0.2, 0.25) is 0 Å². The summed E-state index contributed by atoms with van der Waals surface area (Å²) >= 11 is 0. The van der Waals surface area contributed by atoms with Crippen LogP contribution in [0.15, 0.2) is 53.1 Å². The Balaban J connectivity index is 1.92. The highest BCUT2D eigenvalue weighted by molar-refractivity contribution is 5.85. The number of hydrogen-bond acceptors (Lipinski definition) is 3. The van der Waals surface area contributed by atoms with Crippen molar-refractivity contribution in [1.82, 2.24) is 0 Å². The third-order valence-electron chi connectivity index (χ3n) is 2.64. The van der Waals surface area contributed by atoms with Crippen LogP contribution in [0.3, 0.4) is 0 Å². The standard InChI is InChI=1S/C14H15NO2/c15-13(9-11-5-2-1-3-6-11)14(16)10-12-7-4-8-17-12/h1-8,13H,9-10,15H2. The van der Waals surface area contributed by atoms with Crippen molar-refractivity contribution in [3.05, 3.63) is 60.1 Å². The van der Waals surface area contributed by atoms with Crippen LogP contribution in [0.25, 0.3) is 0 Å². The molecular formula is C14H15NO2. The Morgan fingerprint density at radius 1 is 1.18 bits per heavy atom. The molecule has 2 rings (SSSR count). The second-order valence-electron chi connectivity index (χ2n) is 4.02. The van der Waals surface area contributed by atoms with Gasteiger partial charge in [-0.15, -0.1) is 0 Å². The quantitative estimate of drug-likeness (QED) is 0.852. The first kappa shape index (κ1) is 11.6. The Bertz CT molecular complexity index is 462. The molecule has 0 aliphatic heterocycles. The molecular weight excluding hydrogens is 214 g/mol. The number of Topliss-reactive ketones (excluding diaryl/α,β-unsaturated/α-hetero) is 1. The molecule has 2 aromatic rings. The molecule has 0 radical (unpaired) electrons. The van der Waals surface area contributed by atoms with E-state index in [1.54, 1.807) is 18.4 Å². The summed E-state index contributed by atoms with van der Waals surface area (Å²) in [5.74, 6) is 0.669. The smallest absolute Gasteiger partial charge is 0.157 e. The molecule has 0 saturated heterocycles. The van der Waals surface area contributed by atoms with Gasteiger partial charge in [0.1, 0.15) is 5.76 Å². The molecule has 1 aromatic carbocycles. The molecule has 3 heteroatoms. The van der Waals surface area contributed by atoms with Crippen molar-refractivity contribution in [1.29, 1.82) is 0 Å². The second-order valence-corrected chi connectivity index (χ2v) is 4.02. The van der Waals surface area contributed by atoms with Gasteiger partial charge in [-0.1, -0.05) is 30.3 Å². The minimum Gasteiger partial charge on any atom is -0.469 e. The third-order valence-corrected chi connectivity index (χ3v) is 2.64. The zero-order chi connectivity index (χ0) is 12.1. The summed E-state index contributed by atoms with van der Waals surface area (Å²) in [4.78, 5) is 11.8. The van der Waals surface area contributed by atoms with E-state index in [2.05, 4.69) is 0 Å². The van der Waals surface area contributed by atoms with E-state index in [4.69, 9.17) is 10.2 Å². The zero-order valence-corrected chi connectivity index (χ0v) is 9.50. The number of ketones is 1. The van der Waals surface area contributed by atoms with Gasteiger partial charge in [-0.05, 0) is 24.1 Å². The Labute approximate surface area is 100 Å². The Hall–Kier alpha value is -1.87. The van der Waals surface area contributed by atoms with Gasteiger partial charge < -0.3 is 10.2 Å². The van der Waals surface area contributed by atoms with Gasteiger partial charge in [-0.3, -0.25) is 4.79 Å². The number of furan rings is 1. The Kier molecular flexibility index (Phi) is 3.73. The monoisotopic (exact) mass is 229 g/mol. The van der Waals surface area contributed by atoms with Crippen LogP contribution in [0.4, 0.5) is 0 Å². The minimum atomic E-state index is -0.470. The lowest BCUT2D eigenvalue weighted by Gasteiger charge is -2.09. The van der Waals surface area contributed by atoms with Gasteiger partial charge in [0, 0.05) is 0 Å². The largest absolute Gasteiger partial charge is 0.469 e. The van der Waals surface area contributed by atoms with E-state index in [9.17, 15) is 4.79 Å². The fourth-order valence-corrected chi connectivity index (χ4v) is 1.70. The summed E-state index contributed by atoms with van der Waals surface area (Å²) in [5, 5.41) is 0. The highest BCUT2D eigenvalue weighted by atomic mass is 16.3. The molecule has 3 nitrogen and oxygen atoms in total. The lowest BCUT2D eigenvalue weighted by atomic mass is 10.0. The molecule has 2 N–H and O–H groups in total. The van der Waals surface area contributed by atoms with Gasteiger partial charge in [-0.25, -0.2) is 0 Å². The molecule has 17 heavy (non-hydrogen) atoms. The summed E-state index contributed by atoms with van der Waals surface area (Å²) in [7, 11) is 0. The topological polar surface area (TPSA) is 56.2 Å². The number of rotatable bonds is 5. The highest BCUT2D eigenvalue weighted by Crippen LogP contribution is 2.06. The first-order valence-electron chi connectivity index (χ1n) is 5.60. The van der Waals surface area contributed by atoms with Gasteiger partial charge in [0.15, 0.2) is 5.78 Å². The van der Waals surface area contributed by atoms with E-state index in [1.165, 1.54) is 0 Å². The van der Waals surface area contributed by atoms with Crippen molar-refractivity contribution >= 4 is 5.78 Å². The SMILES string of the molecule is NC(Cc1ccccc1)C(=O)Cc1ccco1. The van der Waals surface area contributed by atoms with Crippen molar-refractivity contribution in [3.63, 3.8) is 0 Å². The third kappa shape index (κ3) is 3.29. The van der Waals surface area contributed by atoms with E-state index < -0.39 is 6.04 Å². The molecule has 0 saturated carbocycles. The van der Waals surface area contributed by atoms with Gasteiger partial charge in [0.2, 0.25) is 0 Å². The summed E-state index contributed by atoms with van der Waals surface area (Å²) < 4.78 is 5.13. The first-order valence-corrected chi connectivity index (χ1v) is 5.60. The molecule has 1 unspecified atom stereocenters. The number of carbonyl (C=O) groups excluding carboxylic acids is 1. The van der Waals surface area contributed by atoms with Crippen molar-refractivity contribution in [2.24, 2.45) is 5.73 Å². The molecule has 0 fully saturated rings. The fourth-order valence-electron chi connectivity index (χ4n) is 1.70. The first-order chi connectivity index (χ1) is 8.25. The van der Waals surface area contributed by atoms with E-state index >= 15 is 0 Å². The average Bonchev–Trinajstić information content (AvgIpc) is 2.83.